The average molecular weight is 301 g/mol. The number of aromatic nitrogens is 2. The molecule has 0 atom stereocenters. The molecule has 0 spiro atoms. The molecule has 10 heteroatoms. The smallest absolute Gasteiger partial charge is 0.471 e. The second-order valence-electron chi connectivity index (χ2n) is 3.72. The van der Waals surface area contributed by atoms with Gasteiger partial charge in [0.05, 0.1) is 11.8 Å². The summed E-state index contributed by atoms with van der Waals surface area (Å²) in [4.78, 5) is 29.1. The van der Waals surface area contributed by atoms with Crippen LogP contribution in [0.3, 0.4) is 0 Å². The normalized spacial score (nSPS) is 11.2. The summed E-state index contributed by atoms with van der Waals surface area (Å²) in [6.45, 7) is 0. The topological polar surface area (TPSA) is 105 Å². The molecule has 2 aromatic rings. The van der Waals surface area contributed by atoms with E-state index in [2.05, 4.69) is 9.97 Å². The van der Waals surface area contributed by atoms with Crippen LogP contribution in [0.5, 0.6) is 0 Å². The number of carbonyl (C=O) groups is 2. The number of carboxylic acids is 1. The SMILES string of the molecule is O=C(O)c1cnc(-c2ccoc2)nc1NC(=O)C(F)(F)F. The van der Waals surface area contributed by atoms with Gasteiger partial charge in [-0.05, 0) is 6.07 Å². The Labute approximate surface area is 114 Å². The molecule has 0 unspecified atom stereocenters. The summed E-state index contributed by atoms with van der Waals surface area (Å²) in [6.07, 6.45) is -1.89. The molecule has 1 amide bonds. The zero-order chi connectivity index (χ0) is 15.6. The first-order valence-corrected chi connectivity index (χ1v) is 5.30. The predicted octanol–water partition coefficient (Wildman–Crippen LogP) is 1.94. The number of anilines is 1. The van der Waals surface area contributed by atoms with Crippen LogP contribution in [-0.4, -0.2) is 33.1 Å². The standard InChI is InChI=1S/C11H6F3N3O4/c12-11(13,14)10(20)17-8-6(9(18)19)3-15-7(16-8)5-1-2-21-4-5/h1-4H,(H,18,19)(H,15,16,17,20). The Hall–Kier alpha value is -2.91. The number of hydrogen-bond acceptors (Lipinski definition) is 5. The molecule has 0 aliphatic rings. The van der Waals surface area contributed by atoms with Gasteiger partial charge in [0.1, 0.15) is 11.8 Å². The molecular formula is C11H6F3N3O4. The van der Waals surface area contributed by atoms with Crippen LogP contribution in [0.15, 0.2) is 29.2 Å². The average Bonchev–Trinajstić information content (AvgIpc) is 2.91. The minimum absolute atomic E-state index is 0.0915. The van der Waals surface area contributed by atoms with Gasteiger partial charge in [0, 0.05) is 6.20 Å². The van der Waals surface area contributed by atoms with E-state index in [4.69, 9.17) is 9.52 Å². The summed E-state index contributed by atoms with van der Waals surface area (Å²) in [5.41, 5.74) is -0.353. The van der Waals surface area contributed by atoms with Crippen molar-refractivity contribution >= 4 is 17.7 Å². The van der Waals surface area contributed by atoms with Gasteiger partial charge in [-0.2, -0.15) is 13.2 Å². The van der Waals surface area contributed by atoms with Gasteiger partial charge in [-0.15, -0.1) is 0 Å². The zero-order valence-electron chi connectivity index (χ0n) is 10.0. The summed E-state index contributed by atoms with van der Waals surface area (Å²) in [7, 11) is 0. The van der Waals surface area contributed by atoms with E-state index in [-0.39, 0.29) is 5.82 Å². The second-order valence-corrected chi connectivity index (χ2v) is 3.72. The third kappa shape index (κ3) is 3.16. The van der Waals surface area contributed by atoms with Crippen LogP contribution >= 0.6 is 0 Å². The molecule has 2 rings (SSSR count). The predicted molar refractivity (Wildman–Crippen MR) is 61.4 cm³/mol. The maximum atomic E-state index is 12.2. The van der Waals surface area contributed by atoms with Crippen molar-refractivity contribution in [3.63, 3.8) is 0 Å². The van der Waals surface area contributed by atoms with Crippen molar-refractivity contribution < 1.29 is 32.3 Å². The van der Waals surface area contributed by atoms with E-state index in [9.17, 15) is 22.8 Å². The van der Waals surface area contributed by atoms with Crippen molar-refractivity contribution in [3.05, 3.63) is 30.4 Å². The first-order chi connectivity index (χ1) is 9.79. The van der Waals surface area contributed by atoms with Gasteiger partial charge < -0.3 is 14.8 Å². The number of carboxylic acid groups (broad SMARTS) is 1. The highest BCUT2D eigenvalue weighted by Gasteiger charge is 2.39. The van der Waals surface area contributed by atoms with Gasteiger partial charge in [-0.3, -0.25) is 4.79 Å². The lowest BCUT2D eigenvalue weighted by molar-refractivity contribution is -0.167. The molecule has 0 aromatic carbocycles. The van der Waals surface area contributed by atoms with E-state index >= 15 is 0 Å². The van der Waals surface area contributed by atoms with Gasteiger partial charge in [0.2, 0.25) is 0 Å². The fraction of sp³-hybridized carbons (Fsp3) is 0.0909. The van der Waals surface area contributed by atoms with Gasteiger partial charge in [-0.1, -0.05) is 0 Å². The highest BCUT2D eigenvalue weighted by molar-refractivity contribution is 6.01. The third-order valence-corrected chi connectivity index (χ3v) is 2.29. The molecule has 7 nitrogen and oxygen atoms in total. The molecule has 2 N–H and O–H groups in total. The molecule has 0 fully saturated rings. The fourth-order valence-electron chi connectivity index (χ4n) is 1.34. The Morgan fingerprint density at radius 3 is 2.57 bits per heavy atom. The van der Waals surface area contributed by atoms with Gasteiger partial charge in [-0.25, -0.2) is 14.8 Å². The Kier molecular flexibility index (Phi) is 3.61. The number of alkyl halides is 3. The maximum absolute atomic E-state index is 12.2. The number of rotatable bonds is 3. The van der Waals surface area contributed by atoms with Crippen LogP contribution in [-0.2, 0) is 4.79 Å². The van der Waals surface area contributed by atoms with E-state index < -0.39 is 29.4 Å². The Morgan fingerprint density at radius 1 is 1.33 bits per heavy atom. The molecule has 0 saturated carbocycles. The summed E-state index contributed by atoms with van der Waals surface area (Å²) in [5.74, 6) is -4.75. The minimum Gasteiger partial charge on any atom is -0.477 e. The lowest BCUT2D eigenvalue weighted by Gasteiger charge is -2.10. The number of hydrogen-bond donors (Lipinski definition) is 2. The minimum atomic E-state index is -5.17. The van der Waals surface area contributed by atoms with Crippen LogP contribution in [0.4, 0.5) is 19.0 Å². The molecule has 21 heavy (non-hydrogen) atoms. The first-order valence-electron chi connectivity index (χ1n) is 5.30. The van der Waals surface area contributed by atoms with Gasteiger partial charge >= 0.3 is 18.1 Å². The summed E-state index contributed by atoms with van der Waals surface area (Å²) >= 11 is 0. The largest absolute Gasteiger partial charge is 0.477 e. The second kappa shape index (κ2) is 5.23. The van der Waals surface area contributed by atoms with E-state index in [1.165, 1.54) is 23.9 Å². The molecule has 0 radical (unpaired) electrons. The lowest BCUT2D eigenvalue weighted by atomic mass is 10.2. The van der Waals surface area contributed by atoms with Crippen LogP contribution in [0, 0.1) is 0 Å². The maximum Gasteiger partial charge on any atom is 0.471 e. The quantitative estimate of drug-likeness (QED) is 0.897. The highest BCUT2D eigenvalue weighted by Crippen LogP contribution is 2.22. The van der Waals surface area contributed by atoms with Crippen LogP contribution in [0.25, 0.3) is 11.4 Å². The molecule has 0 aliphatic carbocycles. The number of carbonyl (C=O) groups excluding carboxylic acids is 1. The van der Waals surface area contributed by atoms with Crippen molar-refractivity contribution in [3.8, 4) is 11.4 Å². The molecule has 0 bridgehead atoms. The van der Waals surface area contributed by atoms with Crippen molar-refractivity contribution in [2.45, 2.75) is 6.18 Å². The number of nitrogens with zero attached hydrogens (tertiary/aromatic N) is 2. The Bertz CT molecular complexity index is 683. The molecule has 0 saturated heterocycles. The lowest BCUT2D eigenvalue weighted by Crippen LogP contribution is -2.31. The fourth-order valence-corrected chi connectivity index (χ4v) is 1.34. The van der Waals surface area contributed by atoms with E-state index in [0.29, 0.717) is 5.56 Å². The van der Waals surface area contributed by atoms with Gasteiger partial charge in [0.15, 0.2) is 11.6 Å². The number of amides is 1. The number of furan rings is 1. The summed E-state index contributed by atoms with van der Waals surface area (Å²) < 4.78 is 41.4. The Balaban J connectivity index is 2.43. The molecule has 2 aromatic heterocycles. The monoisotopic (exact) mass is 301 g/mol. The number of nitrogens with one attached hydrogen (secondary N) is 1. The number of aromatic carboxylic acids is 1. The highest BCUT2D eigenvalue weighted by atomic mass is 19.4. The summed E-state index contributed by atoms with van der Waals surface area (Å²) in [5, 5.41) is 10.3. The van der Waals surface area contributed by atoms with Gasteiger partial charge in [0.25, 0.3) is 0 Å². The van der Waals surface area contributed by atoms with Crippen molar-refractivity contribution in [2.75, 3.05) is 5.32 Å². The van der Waals surface area contributed by atoms with Crippen LogP contribution < -0.4 is 5.32 Å². The van der Waals surface area contributed by atoms with E-state index in [1.54, 1.807) is 0 Å². The molecule has 0 aliphatic heterocycles. The van der Waals surface area contributed by atoms with Crippen molar-refractivity contribution in [1.82, 2.24) is 9.97 Å². The zero-order valence-corrected chi connectivity index (χ0v) is 10.0. The van der Waals surface area contributed by atoms with Crippen LogP contribution in [0.2, 0.25) is 0 Å². The first kappa shape index (κ1) is 14.5. The van der Waals surface area contributed by atoms with Crippen LogP contribution in [0.1, 0.15) is 10.4 Å². The molecular weight excluding hydrogens is 295 g/mol. The Morgan fingerprint density at radius 2 is 2.05 bits per heavy atom. The van der Waals surface area contributed by atoms with E-state index in [1.807, 2.05) is 0 Å². The van der Waals surface area contributed by atoms with Crippen molar-refractivity contribution in [1.29, 1.82) is 0 Å². The molecule has 110 valence electrons. The van der Waals surface area contributed by atoms with Crippen molar-refractivity contribution in [2.24, 2.45) is 0 Å². The third-order valence-electron chi connectivity index (χ3n) is 2.29. The number of halogens is 3. The van der Waals surface area contributed by atoms with E-state index in [0.717, 1.165) is 6.20 Å². The summed E-state index contributed by atoms with van der Waals surface area (Å²) in [6, 6.07) is 1.42. The molecule has 2 heterocycles.